The van der Waals surface area contributed by atoms with Crippen LogP contribution in [0.2, 0.25) is 0 Å². The quantitative estimate of drug-likeness (QED) is 0.334. The number of carbonyl (C=O) groups excluding carboxylic acids is 1. The van der Waals surface area contributed by atoms with Crippen LogP contribution in [0.4, 0.5) is 4.39 Å². The minimum absolute atomic E-state index is 0.107. The number of unbranched alkanes of at least 4 members (excludes halogenated alkanes) is 2. The van der Waals surface area contributed by atoms with Crippen LogP contribution in [-0.4, -0.2) is 25.5 Å². The van der Waals surface area contributed by atoms with Crippen LogP contribution >= 0.6 is 0 Å². The Labute approximate surface area is 179 Å². The molecule has 2 heterocycles. The summed E-state index contributed by atoms with van der Waals surface area (Å²) in [6.45, 7) is 5.65. The smallest absolute Gasteiger partial charge is 0.314 e. The molecule has 5 heteroatoms. The molecule has 4 nitrogen and oxygen atoms in total. The first kappa shape index (κ1) is 21.8. The van der Waals surface area contributed by atoms with E-state index in [1.165, 1.54) is 25.7 Å². The zero-order valence-electron chi connectivity index (χ0n) is 18.3. The fourth-order valence-corrected chi connectivity index (χ4v) is 5.19. The Morgan fingerprint density at radius 1 is 1.07 bits per heavy atom. The van der Waals surface area contributed by atoms with Gasteiger partial charge in [0.25, 0.3) is 0 Å². The highest BCUT2D eigenvalue weighted by Crippen LogP contribution is 2.42. The molecule has 4 rings (SSSR count). The van der Waals surface area contributed by atoms with Crippen LogP contribution in [0.5, 0.6) is 5.75 Å². The average Bonchev–Trinajstić information content (AvgIpc) is 2.76. The van der Waals surface area contributed by atoms with Gasteiger partial charge in [0.1, 0.15) is 0 Å². The lowest BCUT2D eigenvalue weighted by molar-refractivity contribution is -0.229. The predicted molar refractivity (Wildman–Crippen MR) is 113 cm³/mol. The molecule has 0 radical (unpaired) electrons. The average molecular weight is 419 g/mol. The zero-order valence-corrected chi connectivity index (χ0v) is 18.3. The highest BCUT2D eigenvalue weighted by Gasteiger charge is 2.35. The molecule has 1 saturated carbocycles. The van der Waals surface area contributed by atoms with Gasteiger partial charge in [0, 0.05) is 11.8 Å². The SMILES string of the molecule is CCCCCC1COC(C2CCC(c3ccc4c(c3F)OC(=O)C(C)C4)CC2)OC1. The number of benzene rings is 1. The largest absolute Gasteiger partial charge is 0.423 e. The molecule has 0 N–H and O–H groups in total. The molecule has 0 spiro atoms. The Morgan fingerprint density at radius 2 is 1.80 bits per heavy atom. The van der Waals surface area contributed by atoms with E-state index in [0.717, 1.165) is 44.5 Å². The molecule has 3 aliphatic rings. The predicted octanol–water partition coefficient (Wildman–Crippen LogP) is 5.77. The van der Waals surface area contributed by atoms with Crippen molar-refractivity contribution < 1.29 is 23.4 Å². The normalized spacial score (nSPS) is 31.8. The van der Waals surface area contributed by atoms with E-state index in [4.69, 9.17) is 14.2 Å². The minimum Gasteiger partial charge on any atom is -0.423 e. The molecular formula is C25H35FO4. The van der Waals surface area contributed by atoms with Gasteiger partial charge in [0.05, 0.1) is 19.1 Å². The topological polar surface area (TPSA) is 44.8 Å². The number of esters is 1. The Morgan fingerprint density at radius 3 is 2.50 bits per heavy atom. The van der Waals surface area contributed by atoms with Crippen molar-refractivity contribution in [1.82, 2.24) is 0 Å². The van der Waals surface area contributed by atoms with Gasteiger partial charge in [-0.05, 0) is 55.6 Å². The van der Waals surface area contributed by atoms with Crippen molar-refractivity contribution in [3.8, 4) is 5.75 Å². The molecule has 30 heavy (non-hydrogen) atoms. The second-order valence-corrected chi connectivity index (χ2v) is 9.49. The lowest BCUT2D eigenvalue weighted by atomic mass is 9.77. The molecule has 1 atom stereocenters. The molecule has 1 aromatic carbocycles. The number of ether oxygens (including phenoxy) is 3. The van der Waals surface area contributed by atoms with Crippen molar-refractivity contribution in [3.05, 3.63) is 29.1 Å². The lowest BCUT2D eigenvalue weighted by Gasteiger charge is -2.38. The van der Waals surface area contributed by atoms with Gasteiger partial charge in [0.15, 0.2) is 17.9 Å². The fraction of sp³-hybridized carbons (Fsp3) is 0.720. The third-order valence-corrected chi connectivity index (χ3v) is 7.14. The molecule has 1 unspecified atom stereocenters. The van der Waals surface area contributed by atoms with Crippen molar-refractivity contribution in [2.75, 3.05) is 13.2 Å². The summed E-state index contributed by atoms with van der Waals surface area (Å²) < 4.78 is 32.6. The number of halogens is 1. The molecule has 2 aliphatic heterocycles. The van der Waals surface area contributed by atoms with E-state index in [0.29, 0.717) is 23.8 Å². The van der Waals surface area contributed by atoms with Crippen molar-refractivity contribution >= 4 is 5.97 Å². The second-order valence-electron chi connectivity index (χ2n) is 9.49. The molecule has 0 bridgehead atoms. The van der Waals surface area contributed by atoms with Gasteiger partial charge >= 0.3 is 5.97 Å². The summed E-state index contributed by atoms with van der Waals surface area (Å²) in [5.74, 6) is 0.357. The van der Waals surface area contributed by atoms with Crippen LogP contribution in [-0.2, 0) is 20.7 Å². The highest BCUT2D eigenvalue weighted by atomic mass is 19.1. The van der Waals surface area contributed by atoms with Crippen LogP contribution in [0.1, 0.15) is 82.3 Å². The van der Waals surface area contributed by atoms with E-state index in [1.807, 2.05) is 19.1 Å². The summed E-state index contributed by atoms with van der Waals surface area (Å²) in [6.07, 6.45) is 9.18. The Kier molecular flexibility index (Phi) is 7.09. The zero-order chi connectivity index (χ0) is 21.1. The van der Waals surface area contributed by atoms with E-state index in [1.54, 1.807) is 0 Å². The molecular weight excluding hydrogens is 383 g/mol. The lowest BCUT2D eigenvalue weighted by Crippen LogP contribution is -2.38. The van der Waals surface area contributed by atoms with Gasteiger partial charge in [-0.3, -0.25) is 4.79 Å². The summed E-state index contributed by atoms with van der Waals surface area (Å²) >= 11 is 0. The first-order valence-electron chi connectivity index (χ1n) is 11.8. The summed E-state index contributed by atoms with van der Waals surface area (Å²) in [7, 11) is 0. The first-order chi connectivity index (χ1) is 14.6. The van der Waals surface area contributed by atoms with Gasteiger partial charge in [-0.15, -0.1) is 0 Å². The van der Waals surface area contributed by atoms with Crippen molar-refractivity contribution in [2.24, 2.45) is 17.8 Å². The highest BCUT2D eigenvalue weighted by molar-refractivity contribution is 5.77. The maximum absolute atomic E-state index is 15.1. The van der Waals surface area contributed by atoms with E-state index >= 15 is 4.39 Å². The Bertz CT molecular complexity index is 733. The maximum Gasteiger partial charge on any atom is 0.314 e. The second kappa shape index (κ2) is 9.78. The monoisotopic (exact) mass is 418 g/mol. The van der Waals surface area contributed by atoms with Crippen LogP contribution in [0.25, 0.3) is 0 Å². The fourth-order valence-electron chi connectivity index (χ4n) is 5.19. The molecule has 1 aromatic rings. The number of hydrogen-bond donors (Lipinski definition) is 0. The molecule has 0 aromatic heterocycles. The van der Waals surface area contributed by atoms with Crippen LogP contribution in [0.15, 0.2) is 12.1 Å². The third kappa shape index (κ3) is 4.72. The summed E-state index contributed by atoms with van der Waals surface area (Å²) in [5, 5.41) is 0. The van der Waals surface area contributed by atoms with E-state index in [-0.39, 0.29) is 35.7 Å². The minimum atomic E-state index is -0.337. The van der Waals surface area contributed by atoms with Gasteiger partial charge < -0.3 is 14.2 Å². The molecule has 166 valence electrons. The molecule has 1 saturated heterocycles. The van der Waals surface area contributed by atoms with E-state index < -0.39 is 0 Å². The summed E-state index contributed by atoms with van der Waals surface area (Å²) in [6, 6.07) is 3.84. The van der Waals surface area contributed by atoms with Crippen molar-refractivity contribution in [3.63, 3.8) is 0 Å². The molecule has 2 fully saturated rings. The maximum atomic E-state index is 15.1. The first-order valence-corrected chi connectivity index (χ1v) is 11.8. The standard InChI is InChI=1S/C25H35FO4/c1-3-4-5-6-17-14-28-25(29-15-17)19-9-7-18(8-10-19)21-12-11-20-13-16(2)24(27)30-23(20)22(21)26/h11-12,16-19,25H,3-10,13-15H2,1-2H3. The van der Waals surface area contributed by atoms with E-state index in [9.17, 15) is 4.79 Å². The molecule has 1 aliphatic carbocycles. The number of hydrogen-bond acceptors (Lipinski definition) is 4. The summed E-state index contributed by atoms with van der Waals surface area (Å²) in [5.41, 5.74) is 1.49. The number of rotatable bonds is 6. The molecule has 0 amide bonds. The van der Waals surface area contributed by atoms with Crippen LogP contribution in [0.3, 0.4) is 0 Å². The Balaban J connectivity index is 1.30. The third-order valence-electron chi connectivity index (χ3n) is 7.14. The van der Waals surface area contributed by atoms with Crippen molar-refractivity contribution in [1.29, 1.82) is 0 Å². The summed E-state index contributed by atoms with van der Waals surface area (Å²) in [4.78, 5) is 11.9. The van der Waals surface area contributed by atoms with Crippen LogP contribution in [0, 0.1) is 23.6 Å². The number of fused-ring (bicyclic) bond motifs is 1. The van der Waals surface area contributed by atoms with E-state index in [2.05, 4.69) is 6.92 Å². The number of carbonyl (C=O) groups is 1. The Hall–Kier alpha value is -1.46. The van der Waals surface area contributed by atoms with Gasteiger partial charge in [0.2, 0.25) is 0 Å². The van der Waals surface area contributed by atoms with Crippen LogP contribution < -0.4 is 4.74 Å². The van der Waals surface area contributed by atoms with Gasteiger partial charge in [-0.2, -0.15) is 0 Å². The van der Waals surface area contributed by atoms with Crippen molar-refractivity contribution in [2.45, 2.75) is 83.8 Å². The van der Waals surface area contributed by atoms with Gasteiger partial charge in [-0.1, -0.05) is 45.2 Å². The van der Waals surface area contributed by atoms with Gasteiger partial charge in [-0.25, -0.2) is 4.39 Å².